The van der Waals surface area contributed by atoms with E-state index in [4.69, 9.17) is 5.73 Å². The van der Waals surface area contributed by atoms with Gasteiger partial charge in [0, 0.05) is 25.0 Å². The first-order chi connectivity index (χ1) is 16.6. The summed E-state index contributed by atoms with van der Waals surface area (Å²) >= 11 is 0. The Morgan fingerprint density at radius 1 is 1.00 bits per heavy atom. The Balaban J connectivity index is 1.46. The minimum absolute atomic E-state index is 0.0258. The quantitative estimate of drug-likeness (QED) is 0.317. The van der Waals surface area contributed by atoms with Gasteiger partial charge in [-0.1, -0.05) is 35.5 Å². The second-order valence-electron chi connectivity index (χ2n) is 7.47. The number of tetrazole rings is 1. The number of aromatic amines is 1. The number of carbonyl (C=O) groups is 1. The molecular formula is C23H24N8O2S. The van der Waals surface area contributed by atoms with Crippen LogP contribution in [0.2, 0.25) is 0 Å². The van der Waals surface area contributed by atoms with E-state index in [2.05, 4.69) is 30.9 Å². The summed E-state index contributed by atoms with van der Waals surface area (Å²) in [5, 5.41) is 16.1. The number of benzene rings is 2. The molecule has 174 valence electrons. The van der Waals surface area contributed by atoms with E-state index in [9.17, 15) is 9.00 Å². The molecule has 4 N–H and O–H groups in total. The van der Waals surface area contributed by atoms with E-state index in [-0.39, 0.29) is 12.3 Å². The summed E-state index contributed by atoms with van der Waals surface area (Å²) in [5.74, 6) is 0.0780. The van der Waals surface area contributed by atoms with Crippen LogP contribution in [0.3, 0.4) is 0 Å². The SMILES string of the molecule is NCc1ccc(S(=O)N(Cc2ccc(NC(=O)Cc3nn[nH]n3)cc2)Cc2ccccn2)cc1. The number of nitrogens with zero attached hydrogens (tertiary/aromatic N) is 5. The van der Waals surface area contributed by atoms with Crippen LogP contribution in [0, 0.1) is 0 Å². The zero-order valence-corrected chi connectivity index (χ0v) is 19.1. The standard InChI is InChI=1S/C23H24N8O2S/c24-14-17-6-10-21(11-7-17)34(33)31(16-20-3-1-2-12-25-20)15-18-4-8-19(9-5-18)26-23(32)13-22-27-29-30-28-22/h1-12H,13-16,24H2,(H,26,32)(H,27,28,29,30). The molecule has 0 bridgehead atoms. The van der Waals surface area contributed by atoms with Crippen LogP contribution in [0.25, 0.3) is 0 Å². The van der Waals surface area contributed by atoms with Crippen LogP contribution in [-0.2, 0) is 41.8 Å². The van der Waals surface area contributed by atoms with E-state index in [1.165, 1.54) is 0 Å². The van der Waals surface area contributed by atoms with Crippen LogP contribution in [0.4, 0.5) is 5.69 Å². The average Bonchev–Trinajstić information content (AvgIpc) is 3.38. The zero-order valence-electron chi connectivity index (χ0n) is 18.3. The summed E-state index contributed by atoms with van der Waals surface area (Å²) in [5.41, 5.74) is 9.07. The van der Waals surface area contributed by atoms with Gasteiger partial charge in [0.15, 0.2) is 5.82 Å². The largest absolute Gasteiger partial charge is 0.326 e. The lowest BCUT2D eigenvalue weighted by molar-refractivity contribution is -0.115. The number of nitrogens with two attached hydrogens (primary N) is 1. The topological polar surface area (TPSA) is 143 Å². The molecule has 0 saturated carbocycles. The highest BCUT2D eigenvalue weighted by Gasteiger charge is 2.17. The van der Waals surface area contributed by atoms with Gasteiger partial charge in [-0.3, -0.25) is 9.78 Å². The minimum Gasteiger partial charge on any atom is -0.326 e. The van der Waals surface area contributed by atoms with Crippen molar-refractivity contribution >= 4 is 22.6 Å². The van der Waals surface area contributed by atoms with Gasteiger partial charge in [0.1, 0.15) is 11.0 Å². The van der Waals surface area contributed by atoms with Crippen molar-refractivity contribution in [3.63, 3.8) is 0 Å². The molecule has 10 nitrogen and oxygen atoms in total. The number of hydrogen-bond acceptors (Lipinski definition) is 7. The van der Waals surface area contributed by atoms with E-state index >= 15 is 0 Å². The van der Waals surface area contributed by atoms with Crippen LogP contribution < -0.4 is 11.1 Å². The summed E-state index contributed by atoms with van der Waals surface area (Å²) in [4.78, 5) is 17.2. The van der Waals surface area contributed by atoms with E-state index in [1.54, 1.807) is 18.3 Å². The van der Waals surface area contributed by atoms with Gasteiger partial charge in [0.2, 0.25) is 5.91 Å². The molecular weight excluding hydrogens is 452 g/mol. The van der Waals surface area contributed by atoms with Gasteiger partial charge in [0.05, 0.1) is 23.6 Å². The Labute approximate surface area is 199 Å². The number of hydrogen-bond donors (Lipinski definition) is 3. The van der Waals surface area contributed by atoms with E-state index in [0.29, 0.717) is 36.0 Å². The van der Waals surface area contributed by atoms with Crippen LogP contribution >= 0.6 is 0 Å². The van der Waals surface area contributed by atoms with Crippen molar-refractivity contribution in [2.45, 2.75) is 31.0 Å². The van der Waals surface area contributed by atoms with Crippen LogP contribution in [0.15, 0.2) is 77.8 Å². The molecule has 2 aromatic carbocycles. The van der Waals surface area contributed by atoms with Crippen LogP contribution in [-0.4, -0.2) is 40.0 Å². The van der Waals surface area contributed by atoms with Gasteiger partial charge < -0.3 is 11.1 Å². The monoisotopic (exact) mass is 476 g/mol. The number of amides is 1. The molecule has 2 heterocycles. The van der Waals surface area contributed by atoms with Gasteiger partial charge in [-0.2, -0.15) is 5.21 Å². The maximum atomic E-state index is 13.4. The van der Waals surface area contributed by atoms with E-state index < -0.39 is 11.0 Å². The predicted molar refractivity (Wildman–Crippen MR) is 127 cm³/mol. The van der Waals surface area contributed by atoms with Crippen molar-refractivity contribution in [3.05, 3.63) is 95.6 Å². The number of nitrogens with one attached hydrogen (secondary N) is 2. The third-order valence-electron chi connectivity index (χ3n) is 4.96. The molecule has 0 aliphatic carbocycles. The van der Waals surface area contributed by atoms with Gasteiger partial charge in [-0.15, -0.1) is 10.2 Å². The second-order valence-corrected chi connectivity index (χ2v) is 8.95. The summed E-state index contributed by atoms with van der Waals surface area (Å²) in [6, 6.07) is 20.5. The molecule has 0 aliphatic heterocycles. The molecule has 0 spiro atoms. The summed E-state index contributed by atoms with van der Waals surface area (Å²) in [6.45, 7) is 1.27. The van der Waals surface area contributed by atoms with Crippen molar-refractivity contribution in [1.29, 1.82) is 0 Å². The highest BCUT2D eigenvalue weighted by atomic mass is 32.2. The molecule has 1 amide bonds. The molecule has 11 heteroatoms. The fourth-order valence-electron chi connectivity index (χ4n) is 3.24. The Morgan fingerprint density at radius 2 is 1.76 bits per heavy atom. The number of rotatable bonds is 10. The Morgan fingerprint density at radius 3 is 2.41 bits per heavy atom. The number of carbonyl (C=O) groups excluding carboxylic acids is 1. The fraction of sp³-hybridized carbons (Fsp3) is 0.174. The van der Waals surface area contributed by atoms with Crippen molar-refractivity contribution in [3.8, 4) is 0 Å². The summed E-state index contributed by atoms with van der Waals surface area (Å²) < 4.78 is 15.3. The summed E-state index contributed by atoms with van der Waals surface area (Å²) in [7, 11) is -1.41. The maximum absolute atomic E-state index is 13.4. The zero-order chi connectivity index (χ0) is 23.8. The third kappa shape index (κ3) is 6.38. The lowest BCUT2D eigenvalue weighted by Gasteiger charge is -2.21. The van der Waals surface area contributed by atoms with Crippen LogP contribution in [0.1, 0.15) is 22.6 Å². The highest BCUT2D eigenvalue weighted by Crippen LogP contribution is 2.19. The van der Waals surface area contributed by atoms with Crippen LogP contribution in [0.5, 0.6) is 0 Å². The van der Waals surface area contributed by atoms with Crippen molar-refractivity contribution in [2.75, 3.05) is 5.32 Å². The van der Waals surface area contributed by atoms with E-state index in [1.807, 2.05) is 58.9 Å². The number of aromatic nitrogens is 5. The maximum Gasteiger partial charge on any atom is 0.232 e. The molecule has 0 aliphatic rings. The number of H-pyrrole nitrogens is 1. The normalized spacial score (nSPS) is 11.9. The molecule has 34 heavy (non-hydrogen) atoms. The summed E-state index contributed by atoms with van der Waals surface area (Å²) in [6.07, 6.45) is 1.75. The van der Waals surface area contributed by atoms with Crippen molar-refractivity contribution < 1.29 is 9.00 Å². The molecule has 2 aromatic heterocycles. The Hall–Kier alpha value is -3.80. The van der Waals surface area contributed by atoms with Gasteiger partial charge in [-0.05, 0) is 47.5 Å². The lowest BCUT2D eigenvalue weighted by Crippen LogP contribution is -2.26. The number of anilines is 1. The number of pyridine rings is 1. The molecule has 1 unspecified atom stereocenters. The first-order valence-corrected chi connectivity index (χ1v) is 11.7. The molecule has 1 atom stereocenters. The average molecular weight is 477 g/mol. The van der Waals surface area contributed by atoms with E-state index in [0.717, 1.165) is 16.8 Å². The smallest absolute Gasteiger partial charge is 0.232 e. The van der Waals surface area contributed by atoms with Gasteiger partial charge in [0.25, 0.3) is 0 Å². The first kappa shape index (κ1) is 23.4. The highest BCUT2D eigenvalue weighted by molar-refractivity contribution is 7.82. The predicted octanol–water partition coefficient (Wildman–Crippen LogP) is 1.96. The third-order valence-corrected chi connectivity index (χ3v) is 6.37. The molecule has 4 rings (SSSR count). The minimum atomic E-state index is -1.41. The molecule has 4 aromatic rings. The van der Waals surface area contributed by atoms with Crippen molar-refractivity contribution in [1.82, 2.24) is 29.9 Å². The van der Waals surface area contributed by atoms with Gasteiger partial charge in [-0.25, -0.2) is 8.51 Å². The second kappa shape index (κ2) is 11.4. The molecule has 0 fully saturated rings. The molecule has 0 saturated heterocycles. The first-order valence-electron chi connectivity index (χ1n) is 10.6. The fourth-order valence-corrected chi connectivity index (χ4v) is 4.42. The molecule has 0 radical (unpaired) electrons. The van der Waals surface area contributed by atoms with Gasteiger partial charge >= 0.3 is 0 Å². The lowest BCUT2D eigenvalue weighted by atomic mass is 10.2. The van der Waals surface area contributed by atoms with Crippen molar-refractivity contribution in [2.24, 2.45) is 5.73 Å². The Kier molecular flexibility index (Phi) is 7.81. The Bertz CT molecular complexity index is 1220.